The Bertz CT molecular complexity index is 1830. The van der Waals surface area contributed by atoms with E-state index in [0.29, 0.717) is 11.7 Å². The molecule has 2 heterocycles. The lowest BCUT2D eigenvalue weighted by Gasteiger charge is -2.17. The van der Waals surface area contributed by atoms with Gasteiger partial charge < -0.3 is 14.2 Å². The number of fused-ring (bicyclic) bond motifs is 2. The van der Waals surface area contributed by atoms with Gasteiger partial charge in [-0.25, -0.2) is 0 Å². The van der Waals surface area contributed by atoms with Crippen molar-refractivity contribution in [3.63, 3.8) is 0 Å². The maximum absolute atomic E-state index is 12.8. The van der Waals surface area contributed by atoms with Crippen LogP contribution >= 0.6 is 0 Å². The van der Waals surface area contributed by atoms with Crippen LogP contribution in [0.1, 0.15) is 172 Å². The SMILES string of the molecule is CCCCCCCCCCCCCCCCC(C)c1ccc(C)c2c1OC(=O)C2c1ccccc1.COc1ccc(C2C(=O)Oc3c(C)cc(C)cc32)cc1. The Hall–Kier alpha value is -4.38. The molecule has 0 aromatic heterocycles. The number of aryl methyl sites for hydroxylation is 3. The highest BCUT2D eigenvalue weighted by Crippen LogP contribution is 2.46. The Morgan fingerprint density at radius 1 is 0.600 bits per heavy atom. The number of carbonyl (C=O) groups excluding carboxylic acids is 2. The number of unbranched alkanes of at least 4 members (excludes halogenated alkanes) is 13. The van der Waals surface area contributed by atoms with Gasteiger partial charge in [0.05, 0.1) is 7.11 Å². The zero-order valence-corrected chi connectivity index (χ0v) is 34.4. The fourth-order valence-electron chi connectivity index (χ4n) is 8.34. The van der Waals surface area contributed by atoms with Crippen molar-refractivity contribution in [2.24, 2.45) is 0 Å². The molecule has 0 saturated carbocycles. The number of hydrogen-bond acceptors (Lipinski definition) is 5. The second-order valence-corrected chi connectivity index (χ2v) is 15.9. The second-order valence-electron chi connectivity index (χ2n) is 15.9. The van der Waals surface area contributed by atoms with E-state index in [2.05, 4.69) is 32.9 Å². The molecule has 0 bridgehead atoms. The summed E-state index contributed by atoms with van der Waals surface area (Å²) < 4.78 is 16.5. The molecule has 0 spiro atoms. The van der Waals surface area contributed by atoms with Gasteiger partial charge in [-0.05, 0) is 73.1 Å². The molecule has 2 aliphatic heterocycles. The largest absolute Gasteiger partial charge is 0.497 e. The van der Waals surface area contributed by atoms with Crippen molar-refractivity contribution >= 4 is 11.9 Å². The van der Waals surface area contributed by atoms with Crippen LogP contribution in [0.5, 0.6) is 17.2 Å². The van der Waals surface area contributed by atoms with E-state index in [1.54, 1.807) is 7.11 Å². The number of benzene rings is 4. The van der Waals surface area contributed by atoms with E-state index in [4.69, 9.17) is 14.2 Å². The molecule has 294 valence electrons. The number of rotatable bonds is 19. The standard InChI is InChI=1S/C33H48O2.C17H16O3/c1-4-5-6-7-8-9-10-11-12-13-14-15-16-18-21-26(2)29-25-24-27(3)30-31(33(34)35-32(29)30)28-22-19-17-20-23-28;1-10-8-11(2)16-14(9-10)15(17(18)20-16)12-4-6-13(19-3)7-5-12/h17,19-20,22-26,31H,4-16,18,21H2,1-3H3;4-9,15H,1-3H3. The molecule has 0 saturated heterocycles. The summed E-state index contributed by atoms with van der Waals surface area (Å²) in [5.41, 5.74) is 8.47. The van der Waals surface area contributed by atoms with Gasteiger partial charge in [0.15, 0.2) is 0 Å². The lowest BCUT2D eigenvalue weighted by molar-refractivity contribution is -0.134. The Morgan fingerprint density at radius 3 is 1.75 bits per heavy atom. The molecular weight excluding hydrogens is 681 g/mol. The van der Waals surface area contributed by atoms with Gasteiger partial charge in [-0.3, -0.25) is 9.59 Å². The van der Waals surface area contributed by atoms with Gasteiger partial charge in [-0.15, -0.1) is 0 Å². The molecule has 4 aromatic rings. The van der Waals surface area contributed by atoms with Crippen LogP contribution in [0.25, 0.3) is 0 Å². The minimum atomic E-state index is -0.338. The number of methoxy groups -OCH3 is 1. The molecule has 0 amide bonds. The summed E-state index contributed by atoms with van der Waals surface area (Å²) >= 11 is 0. The number of esters is 2. The zero-order valence-electron chi connectivity index (χ0n) is 34.4. The summed E-state index contributed by atoms with van der Waals surface area (Å²) in [6.45, 7) is 10.7. The molecule has 3 unspecified atom stereocenters. The van der Waals surface area contributed by atoms with Crippen LogP contribution < -0.4 is 14.2 Å². The first-order valence-electron chi connectivity index (χ1n) is 21.1. The zero-order chi connectivity index (χ0) is 39.2. The summed E-state index contributed by atoms with van der Waals surface area (Å²) in [5, 5.41) is 0. The van der Waals surface area contributed by atoms with E-state index >= 15 is 0 Å². The quantitative estimate of drug-likeness (QED) is 0.0543. The van der Waals surface area contributed by atoms with Crippen molar-refractivity contribution in [2.45, 2.75) is 149 Å². The molecular formula is C50H64O5. The maximum Gasteiger partial charge on any atom is 0.323 e. The van der Waals surface area contributed by atoms with Crippen LogP contribution in [0.3, 0.4) is 0 Å². The molecule has 0 radical (unpaired) electrons. The first kappa shape index (κ1) is 41.8. The van der Waals surface area contributed by atoms with Crippen LogP contribution in [0, 0.1) is 20.8 Å². The normalized spacial score (nSPS) is 16.1. The first-order chi connectivity index (χ1) is 26.7. The number of carbonyl (C=O) groups is 2. The monoisotopic (exact) mass is 744 g/mol. The third kappa shape index (κ3) is 11.1. The van der Waals surface area contributed by atoms with Crippen LogP contribution in [-0.4, -0.2) is 19.0 Å². The third-order valence-corrected chi connectivity index (χ3v) is 11.5. The van der Waals surface area contributed by atoms with Crippen molar-refractivity contribution in [3.8, 4) is 17.2 Å². The number of hydrogen-bond donors (Lipinski definition) is 0. The van der Waals surface area contributed by atoms with Gasteiger partial charge in [0.1, 0.15) is 29.1 Å². The molecule has 3 atom stereocenters. The Morgan fingerprint density at radius 2 is 1.15 bits per heavy atom. The molecule has 5 nitrogen and oxygen atoms in total. The van der Waals surface area contributed by atoms with Gasteiger partial charge in [0.25, 0.3) is 0 Å². The summed E-state index contributed by atoms with van der Waals surface area (Å²) in [7, 11) is 1.63. The Balaban J connectivity index is 0.000000244. The van der Waals surface area contributed by atoms with E-state index in [1.807, 2.05) is 80.6 Å². The molecule has 0 fully saturated rings. The van der Waals surface area contributed by atoms with Crippen molar-refractivity contribution in [3.05, 3.63) is 123 Å². The Kier molecular flexibility index (Phi) is 16.0. The van der Waals surface area contributed by atoms with Gasteiger partial charge in [0.2, 0.25) is 0 Å². The van der Waals surface area contributed by atoms with E-state index in [1.165, 1.54) is 95.5 Å². The van der Waals surface area contributed by atoms with Crippen LogP contribution in [0.4, 0.5) is 0 Å². The molecule has 4 aromatic carbocycles. The summed E-state index contributed by atoms with van der Waals surface area (Å²) in [6.07, 6.45) is 20.6. The highest BCUT2D eigenvalue weighted by Gasteiger charge is 2.38. The highest BCUT2D eigenvalue weighted by atomic mass is 16.5. The second kappa shape index (κ2) is 21.1. The lowest BCUT2D eigenvalue weighted by Crippen LogP contribution is -2.11. The summed E-state index contributed by atoms with van der Waals surface area (Å²) in [4.78, 5) is 25.0. The fourth-order valence-corrected chi connectivity index (χ4v) is 8.34. The first-order valence-corrected chi connectivity index (χ1v) is 21.1. The minimum absolute atomic E-state index is 0.134. The van der Waals surface area contributed by atoms with Crippen molar-refractivity contribution in [1.29, 1.82) is 0 Å². The van der Waals surface area contributed by atoms with Crippen molar-refractivity contribution in [1.82, 2.24) is 0 Å². The third-order valence-electron chi connectivity index (χ3n) is 11.5. The van der Waals surface area contributed by atoms with Crippen molar-refractivity contribution < 1.29 is 23.8 Å². The maximum atomic E-state index is 12.8. The summed E-state index contributed by atoms with van der Waals surface area (Å²) in [5.74, 6) is 1.76. The highest BCUT2D eigenvalue weighted by molar-refractivity contribution is 5.91. The number of ether oxygens (including phenoxy) is 3. The van der Waals surface area contributed by atoms with E-state index in [-0.39, 0.29) is 23.8 Å². The van der Waals surface area contributed by atoms with E-state index in [9.17, 15) is 9.59 Å². The van der Waals surface area contributed by atoms with Gasteiger partial charge >= 0.3 is 11.9 Å². The van der Waals surface area contributed by atoms with Gasteiger partial charge in [-0.1, -0.05) is 176 Å². The lowest BCUT2D eigenvalue weighted by atomic mass is 9.85. The topological polar surface area (TPSA) is 61.8 Å². The molecule has 0 N–H and O–H groups in total. The molecule has 2 aliphatic rings. The molecule has 55 heavy (non-hydrogen) atoms. The predicted molar refractivity (Wildman–Crippen MR) is 225 cm³/mol. The summed E-state index contributed by atoms with van der Waals surface area (Å²) in [6, 6.07) is 26.0. The van der Waals surface area contributed by atoms with Gasteiger partial charge in [-0.2, -0.15) is 0 Å². The Labute approximate surface area is 331 Å². The van der Waals surface area contributed by atoms with E-state index in [0.717, 1.165) is 56.9 Å². The van der Waals surface area contributed by atoms with E-state index < -0.39 is 0 Å². The fraction of sp³-hybridized carbons (Fsp3) is 0.480. The average molecular weight is 745 g/mol. The molecule has 6 rings (SSSR count). The van der Waals surface area contributed by atoms with Crippen LogP contribution in [-0.2, 0) is 9.59 Å². The minimum Gasteiger partial charge on any atom is -0.497 e. The van der Waals surface area contributed by atoms with Crippen molar-refractivity contribution in [2.75, 3.05) is 7.11 Å². The van der Waals surface area contributed by atoms with Gasteiger partial charge in [0, 0.05) is 11.1 Å². The average Bonchev–Trinajstić information content (AvgIpc) is 3.72. The molecule has 0 aliphatic carbocycles. The van der Waals surface area contributed by atoms with Crippen LogP contribution in [0.15, 0.2) is 78.9 Å². The predicted octanol–water partition coefficient (Wildman–Crippen LogP) is 13.4. The molecule has 5 heteroatoms. The smallest absolute Gasteiger partial charge is 0.323 e. The van der Waals surface area contributed by atoms with Crippen LogP contribution in [0.2, 0.25) is 0 Å².